The maximum Gasteiger partial charge on any atom is 0.391 e. The molecule has 1 saturated carbocycles. The van der Waals surface area contributed by atoms with Crippen LogP contribution < -0.4 is 5.73 Å². The maximum absolute atomic E-state index is 12.6. The minimum absolute atomic E-state index is 0.257. The molecule has 1 heterocycles. The van der Waals surface area contributed by atoms with E-state index in [1.807, 2.05) is 0 Å². The minimum atomic E-state index is -4.00. The third-order valence-corrected chi connectivity index (χ3v) is 4.68. The second-order valence-corrected chi connectivity index (χ2v) is 5.97. The molecule has 2 atom stereocenters. The first-order valence-corrected chi connectivity index (χ1v) is 6.94. The predicted molar refractivity (Wildman–Crippen MR) is 65.1 cm³/mol. The van der Waals surface area contributed by atoms with Gasteiger partial charge in [-0.05, 0) is 44.6 Å². The van der Waals surface area contributed by atoms with Gasteiger partial charge in [0.2, 0.25) is 0 Å². The van der Waals surface area contributed by atoms with Gasteiger partial charge in [-0.2, -0.15) is 13.2 Å². The van der Waals surface area contributed by atoms with E-state index in [2.05, 4.69) is 11.8 Å². The normalized spacial score (nSPS) is 39.8. The van der Waals surface area contributed by atoms with Crippen LogP contribution in [-0.4, -0.2) is 36.2 Å². The Balaban J connectivity index is 1.83. The first-order valence-electron chi connectivity index (χ1n) is 6.94. The van der Waals surface area contributed by atoms with Crippen molar-refractivity contribution in [3.63, 3.8) is 0 Å². The Bertz CT molecular complexity index is 272. The molecule has 2 N–H and O–H groups in total. The SMILES string of the molecule is CC1CN(C2CCC(C(F)(F)F)CC2)CCC1N. The molecule has 1 aliphatic carbocycles. The van der Waals surface area contributed by atoms with E-state index in [4.69, 9.17) is 5.73 Å². The number of piperidine rings is 1. The molecule has 0 spiro atoms. The van der Waals surface area contributed by atoms with Crippen LogP contribution in [-0.2, 0) is 0 Å². The average molecular weight is 264 g/mol. The monoisotopic (exact) mass is 264 g/mol. The van der Waals surface area contributed by atoms with E-state index >= 15 is 0 Å². The number of halogens is 3. The van der Waals surface area contributed by atoms with Gasteiger partial charge in [0.15, 0.2) is 0 Å². The molecule has 2 rings (SSSR count). The molecule has 0 amide bonds. The molecule has 2 fully saturated rings. The Morgan fingerprint density at radius 2 is 1.67 bits per heavy atom. The van der Waals surface area contributed by atoms with E-state index in [-0.39, 0.29) is 6.04 Å². The van der Waals surface area contributed by atoms with Crippen molar-refractivity contribution in [1.82, 2.24) is 4.90 Å². The summed E-state index contributed by atoms with van der Waals surface area (Å²) in [5.74, 6) is -0.614. The van der Waals surface area contributed by atoms with Gasteiger partial charge in [-0.15, -0.1) is 0 Å². The number of rotatable bonds is 1. The van der Waals surface area contributed by atoms with Crippen LogP contribution in [0.5, 0.6) is 0 Å². The smallest absolute Gasteiger partial charge is 0.327 e. The molecular weight excluding hydrogens is 241 g/mol. The summed E-state index contributed by atoms with van der Waals surface area (Å²) < 4.78 is 37.8. The fraction of sp³-hybridized carbons (Fsp3) is 1.00. The van der Waals surface area contributed by atoms with Crippen LogP contribution in [0.1, 0.15) is 39.0 Å². The first-order chi connectivity index (χ1) is 8.38. The lowest BCUT2D eigenvalue weighted by Crippen LogP contribution is -2.51. The maximum atomic E-state index is 12.6. The molecule has 2 aliphatic rings. The molecule has 106 valence electrons. The van der Waals surface area contributed by atoms with E-state index in [0.29, 0.717) is 37.6 Å². The van der Waals surface area contributed by atoms with Crippen LogP contribution in [0.15, 0.2) is 0 Å². The average Bonchev–Trinajstić information content (AvgIpc) is 2.32. The van der Waals surface area contributed by atoms with Crippen molar-refractivity contribution in [2.45, 2.75) is 57.3 Å². The Hall–Kier alpha value is -0.290. The van der Waals surface area contributed by atoms with E-state index in [1.165, 1.54) is 0 Å². The Labute approximate surface area is 107 Å². The van der Waals surface area contributed by atoms with Crippen molar-refractivity contribution in [3.05, 3.63) is 0 Å². The van der Waals surface area contributed by atoms with E-state index < -0.39 is 12.1 Å². The summed E-state index contributed by atoms with van der Waals surface area (Å²) in [5, 5.41) is 0. The number of likely N-dealkylation sites (tertiary alicyclic amines) is 1. The molecule has 0 aromatic heterocycles. The first kappa shape index (κ1) is 14.1. The molecule has 1 saturated heterocycles. The van der Waals surface area contributed by atoms with E-state index in [1.54, 1.807) is 0 Å². The minimum Gasteiger partial charge on any atom is -0.327 e. The highest BCUT2D eigenvalue weighted by molar-refractivity contribution is 4.87. The summed E-state index contributed by atoms with van der Waals surface area (Å²) >= 11 is 0. The molecule has 0 bridgehead atoms. The third kappa shape index (κ3) is 3.18. The number of nitrogens with two attached hydrogens (primary N) is 1. The van der Waals surface area contributed by atoms with Crippen LogP contribution in [0.25, 0.3) is 0 Å². The lowest BCUT2D eigenvalue weighted by atomic mass is 9.83. The van der Waals surface area contributed by atoms with Crippen molar-refractivity contribution in [2.75, 3.05) is 13.1 Å². The van der Waals surface area contributed by atoms with Crippen molar-refractivity contribution in [1.29, 1.82) is 0 Å². The predicted octanol–water partition coefficient (Wildman–Crippen LogP) is 2.78. The van der Waals surface area contributed by atoms with Crippen molar-refractivity contribution < 1.29 is 13.2 Å². The topological polar surface area (TPSA) is 29.3 Å². The van der Waals surface area contributed by atoms with Crippen LogP contribution >= 0.6 is 0 Å². The van der Waals surface area contributed by atoms with E-state index in [0.717, 1.165) is 19.5 Å². The molecule has 2 unspecified atom stereocenters. The molecule has 2 nitrogen and oxygen atoms in total. The second kappa shape index (κ2) is 5.37. The Morgan fingerprint density at radius 3 is 2.17 bits per heavy atom. The van der Waals surface area contributed by atoms with Gasteiger partial charge >= 0.3 is 6.18 Å². The highest BCUT2D eigenvalue weighted by Crippen LogP contribution is 2.39. The highest BCUT2D eigenvalue weighted by atomic mass is 19.4. The zero-order chi connectivity index (χ0) is 13.3. The standard InChI is InChI=1S/C13H23F3N2/c1-9-8-18(7-6-12(9)17)11-4-2-10(3-5-11)13(14,15)16/h9-12H,2-8,17H2,1H3. The molecule has 18 heavy (non-hydrogen) atoms. The van der Waals surface area contributed by atoms with Gasteiger partial charge in [-0.3, -0.25) is 0 Å². The lowest BCUT2D eigenvalue weighted by Gasteiger charge is -2.42. The summed E-state index contributed by atoms with van der Waals surface area (Å²) in [4.78, 5) is 2.36. The van der Waals surface area contributed by atoms with Crippen molar-refractivity contribution in [3.8, 4) is 0 Å². The third-order valence-electron chi connectivity index (χ3n) is 4.68. The molecule has 5 heteroatoms. The summed E-state index contributed by atoms with van der Waals surface area (Å²) in [6.45, 7) is 4.04. The van der Waals surface area contributed by atoms with Crippen LogP contribution in [0.2, 0.25) is 0 Å². The second-order valence-electron chi connectivity index (χ2n) is 5.97. The van der Waals surface area contributed by atoms with Gasteiger partial charge in [0.05, 0.1) is 5.92 Å². The largest absolute Gasteiger partial charge is 0.391 e. The quantitative estimate of drug-likeness (QED) is 0.789. The van der Waals surface area contributed by atoms with Crippen LogP contribution in [0, 0.1) is 11.8 Å². The fourth-order valence-corrected chi connectivity index (χ4v) is 3.30. The van der Waals surface area contributed by atoms with Crippen LogP contribution in [0.4, 0.5) is 13.2 Å². The highest BCUT2D eigenvalue weighted by Gasteiger charge is 2.42. The number of nitrogens with zero attached hydrogens (tertiary/aromatic N) is 1. The van der Waals surface area contributed by atoms with Crippen LogP contribution in [0.3, 0.4) is 0 Å². The van der Waals surface area contributed by atoms with Gasteiger partial charge in [-0.1, -0.05) is 6.92 Å². The molecule has 1 aliphatic heterocycles. The van der Waals surface area contributed by atoms with Gasteiger partial charge in [0.1, 0.15) is 0 Å². The molecule has 0 aromatic rings. The van der Waals surface area contributed by atoms with Gasteiger partial charge < -0.3 is 10.6 Å². The zero-order valence-corrected chi connectivity index (χ0v) is 10.9. The molecule has 0 aromatic carbocycles. The number of hydrogen-bond donors (Lipinski definition) is 1. The van der Waals surface area contributed by atoms with Crippen molar-refractivity contribution >= 4 is 0 Å². The fourth-order valence-electron chi connectivity index (χ4n) is 3.30. The van der Waals surface area contributed by atoms with Gasteiger partial charge in [0.25, 0.3) is 0 Å². The summed E-state index contributed by atoms with van der Waals surface area (Å²) in [7, 11) is 0. The summed E-state index contributed by atoms with van der Waals surface area (Å²) in [6.07, 6.45) is -1.06. The van der Waals surface area contributed by atoms with E-state index in [9.17, 15) is 13.2 Å². The summed E-state index contributed by atoms with van der Waals surface area (Å²) in [5.41, 5.74) is 5.97. The van der Waals surface area contributed by atoms with Gasteiger partial charge in [0, 0.05) is 18.6 Å². The number of alkyl halides is 3. The molecular formula is C13H23F3N2. The number of hydrogen-bond acceptors (Lipinski definition) is 2. The zero-order valence-electron chi connectivity index (χ0n) is 10.9. The summed E-state index contributed by atoms with van der Waals surface area (Å²) in [6, 6.07) is 0.603. The Morgan fingerprint density at radius 1 is 1.06 bits per heavy atom. The van der Waals surface area contributed by atoms with Crippen molar-refractivity contribution in [2.24, 2.45) is 17.6 Å². The van der Waals surface area contributed by atoms with Gasteiger partial charge in [-0.25, -0.2) is 0 Å². The molecule has 0 radical (unpaired) electrons. The lowest BCUT2D eigenvalue weighted by molar-refractivity contribution is -0.184. The Kier molecular flexibility index (Phi) is 4.22.